The van der Waals surface area contributed by atoms with E-state index in [2.05, 4.69) is 32.6 Å². The number of aromatic nitrogens is 2. The van der Waals surface area contributed by atoms with Gasteiger partial charge in [-0.3, -0.25) is 0 Å². The predicted molar refractivity (Wildman–Crippen MR) is 59.9 cm³/mol. The van der Waals surface area contributed by atoms with Gasteiger partial charge in [-0.25, -0.2) is 9.97 Å². The maximum Gasteiger partial charge on any atom is 0.132 e. The van der Waals surface area contributed by atoms with Gasteiger partial charge < -0.3 is 9.64 Å². The van der Waals surface area contributed by atoms with Gasteiger partial charge in [0.2, 0.25) is 0 Å². The van der Waals surface area contributed by atoms with Crippen LogP contribution >= 0.6 is 22.6 Å². The van der Waals surface area contributed by atoms with E-state index in [4.69, 9.17) is 4.74 Å². The average molecular weight is 293 g/mol. The first-order valence-electron chi connectivity index (χ1n) is 3.91. The molecule has 1 heterocycles. The molecule has 72 valence electrons. The molecule has 0 saturated carbocycles. The summed E-state index contributed by atoms with van der Waals surface area (Å²) in [5.74, 6) is 0.927. The van der Waals surface area contributed by atoms with Crippen molar-refractivity contribution in [2.24, 2.45) is 0 Å². The minimum Gasteiger partial charge on any atom is -0.383 e. The molecule has 0 bridgehead atoms. The first-order valence-corrected chi connectivity index (χ1v) is 4.99. The molecule has 0 spiro atoms. The summed E-state index contributed by atoms with van der Waals surface area (Å²) in [6, 6.07) is 1.94. The van der Waals surface area contributed by atoms with Crippen molar-refractivity contribution in [2.75, 3.05) is 32.2 Å². The molecule has 0 aromatic carbocycles. The highest BCUT2D eigenvalue weighted by Crippen LogP contribution is 2.09. The molecule has 1 aromatic rings. The highest BCUT2D eigenvalue weighted by Gasteiger charge is 2.01. The molecule has 0 fully saturated rings. The van der Waals surface area contributed by atoms with Crippen LogP contribution in [0, 0.1) is 3.70 Å². The van der Waals surface area contributed by atoms with Crippen LogP contribution < -0.4 is 4.90 Å². The summed E-state index contributed by atoms with van der Waals surface area (Å²) in [6.45, 7) is 1.54. The van der Waals surface area contributed by atoms with E-state index in [1.807, 2.05) is 18.0 Å². The molecule has 13 heavy (non-hydrogen) atoms. The molecule has 5 heteroatoms. The number of likely N-dealkylation sites (N-methyl/N-ethyl adjacent to an activating group) is 1. The number of ether oxygens (including phenoxy) is 1. The molecule has 0 aliphatic carbocycles. The SMILES string of the molecule is COCCN(C)c1cc(I)ncn1. The fourth-order valence-electron chi connectivity index (χ4n) is 0.876. The molecule has 0 unspecified atom stereocenters. The van der Waals surface area contributed by atoms with Gasteiger partial charge in [0, 0.05) is 26.8 Å². The maximum absolute atomic E-state index is 4.98. The largest absolute Gasteiger partial charge is 0.383 e. The summed E-state index contributed by atoms with van der Waals surface area (Å²) in [5, 5.41) is 0. The van der Waals surface area contributed by atoms with E-state index >= 15 is 0 Å². The van der Waals surface area contributed by atoms with Gasteiger partial charge in [0.05, 0.1) is 6.61 Å². The van der Waals surface area contributed by atoms with Crippen molar-refractivity contribution in [3.8, 4) is 0 Å². The Balaban J connectivity index is 2.60. The fraction of sp³-hybridized carbons (Fsp3) is 0.500. The van der Waals surface area contributed by atoms with E-state index in [1.54, 1.807) is 13.4 Å². The van der Waals surface area contributed by atoms with E-state index < -0.39 is 0 Å². The minimum absolute atomic E-state index is 0.705. The molecular formula is C8H12IN3O. The molecule has 0 amide bonds. The van der Waals surface area contributed by atoms with Gasteiger partial charge in [-0.2, -0.15) is 0 Å². The Kier molecular flexibility index (Phi) is 4.37. The Labute approximate surface area is 91.5 Å². The van der Waals surface area contributed by atoms with E-state index in [0.717, 1.165) is 16.1 Å². The van der Waals surface area contributed by atoms with Crippen LogP contribution in [-0.4, -0.2) is 37.3 Å². The summed E-state index contributed by atoms with van der Waals surface area (Å²) >= 11 is 2.17. The van der Waals surface area contributed by atoms with E-state index in [1.165, 1.54) is 0 Å². The Hall–Kier alpha value is -0.430. The molecule has 0 N–H and O–H groups in total. The topological polar surface area (TPSA) is 38.2 Å². The fourth-order valence-corrected chi connectivity index (χ4v) is 1.28. The Morgan fingerprint density at radius 2 is 2.31 bits per heavy atom. The van der Waals surface area contributed by atoms with Crippen molar-refractivity contribution in [3.63, 3.8) is 0 Å². The molecule has 4 nitrogen and oxygen atoms in total. The van der Waals surface area contributed by atoms with Gasteiger partial charge in [-0.15, -0.1) is 0 Å². The van der Waals surface area contributed by atoms with Crippen LogP contribution in [0.1, 0.15) is 0 Å². The summed E-state index contributed by atoms with van der Waals surface area (Å²) in [7, 11) is 3.68. The van der Waals surface area contributed by atoms with Crippen molar-refractivity contribution >= 4 is 28.4 Å². The van der Waals surface area contributed by atoms with Crippen molar-refractivity contribution in [1.29, 1.82) is 0 Å². The summed E-state index contributed by atoms with van der Waals surface area (Å²) in [5.41, 5.74) is 0. The van der Waals surface area contributed by atoms with Gasteiger partial charge in [-0.05, 0) is 22.6 Å². The number of methoxy groups -OCH3 is 1. The lowest BCUT2D eigenvalue weighted by Crippen LogP contribution is -2.23. The van der Waals surface area contributed by atoms with Crippen molar-refractivity contribution in [2.45, 2.75) is 0 Å². The maximum atomic E-state index is 4.98. The lowest BCUT2D eigenvalue weighted by Gasteiger charge is -2.16. The molecule has 1 rings (SSSR count). The summed E-state index contributed by atoms with van der Waals surface area (Å²) in [4.78, 5) is 10.2. The molecular weight excluding hydrogens is 281 g/mol. The lowest BCUT2D eigenvalue weighted by atomic mass is 10.5. The standard InChI is InChI=1S/C8H12IN3O/c1-12(3-4-13-2)8-5-7(9)10-6-11-8/h5-6H,3-4H2,1-2H3. The zero-order chi connectivity index (χ0) is 9.68. The van der Waals surface area contributed by atoms with Crippen LogP contribution in [0.3, 0.4) is 0 Å². The van der Waals surface area contributed by atoms with Crippen LogP contribution in [0.2, 0.25) is 0 Å². The number of nitrogens with zero attached hydrogens (tertiary/aromatic N) is 3. The minimum atomic E-state index is 0.705. The molecule has 0 radical (unpaired) electrons. The smallest absolute Gasteiger partial charge is 0.132 e. The van der Waals surface area contributed by atoms with Gasteiger partial charge >= 0.3 is 0 Å². The predicted octanol–water partition coefficient (Wildman–Crippen LogP) is 1.16. The highest BCUT2D eigenvalue weighted by molar-refractivity contribution is 14.1. The van der Waals surface area contributed by atoms with Gasteiger partial charge in [-0.1, -0.05) is 0 Å². The number of hydrogen-bond acceptors (Lipinski definition) is 4. The van der Waals surface area contributed by atoms with Crippen LogP contribution in [0.25, 0.3) is 0 Å². The van der Waals surface area contributed by atoms with Crippen LogP contribution in [0.15, 0.2) is 12.4 Å². The third kappa shape index (κ3) is 3.43. The number of hydrogen-bond donors (Lipinski definition) is 0. The van der Waals surface area contributed by atoms with Crippen molar-refractivity contribution < 1.29 is 4.74 Å². The first-order chi connectivity index (χ1) is 6.24. The van der Waals surface area contributed by atoms with E-state index in [9.17, 15) is 0 Å². The monoisotopic (exact) mass is 293 g/mol. The molecule has 1 aromatic heterocycles. The lowest BCUT2D eigenvalue weighted by molar-refractivity contribution is 0.206. The third-order valence-electron chi connectivity index (χ3n) is 1.64. The zero-order valence-electron chi connectivity index (χ0n) is 7.70. The van der Waals surface area contributed by atoms with Gasteiger partial charge in [0.1, 0.15) is 15.8 Å². The molecule has 0 aliphatic rings. The molecule has 0 atom stereocenters. The normalized spacial score (nSPS) is 10.1. The molecule has 0 aliphatic heterocycles. The van der Waals surface area contributed by atoms with E-state index in [0.29, 0.717) is 6.61 Å². The van der Waals surface area contributed by atoms with Crippen molar-refractivity contribution in [1.82, 2.24) is 9.97 Å². The third-order valence-corrected chi connectivity index (χ3v) is 2.23. The zero-order valence-corrected chi connectivity index (χ0v) is 9.85. The Bertz CT molecular complexity index is 269. The highest BCUT2D eigenvalue weighted by atomic mass is 127. The quantitative estimate of drug-likeness (QED) is 0.617. The number of anilines is 1. The first kappa shape index (κ1) is 10.6. The average Bonchev–Trinajstić information content (AvgIpc) is 2.14. The second kappa shape index (κ2) is 5.33. The second-order valence-electron chi connectivity index (χ2n) is 2.61. The van der Waals surface area contributed by atoms with Gasteiger partial charge in [0.25, 0.3) is 0 Å². The van der Waals surface area contributed by atoms with Crippen LogP contribution in [0.4, 0.5) is 5.82 Å². The summed E-state index contributed by atoms with van der Waals surface area (Å²) < 4.78 is 5.93. The molecule has 0 saturated heterocycles. The second-order valence-corrected chi connectivity index (χ2v) is 3.72. The van der Waals surface area contributed by atoms with E-state index in [-0.39, 0.29) is 0 Å². The number of halogens is 1. The Morgan fingerprint density at radius 1 is 1.54 bits per heavy atom. The number of rotatable bonds is 4. The summed E-state index contributed by atoms with van der Waals surface area (Å²) in [6.07, 6.45) is 1.57. The van der Waals surface area contributed by atoms with Crippen molar-refractivity contribution in [3.05, 3.63) is 16.1 Å². The Morgan fingerprint density at radius 3 is 2.92 bits per heavy atom. The van der Waals surface area contributed by atoms with Gasteiger partial charge in [0.15, 0.2) is 0 Å². The van der Waals surface area contributed by atoms with Crippen LogP contribution in [0.5, 0.6) is 0 Å². The van der Waals surface area contributed by atoms with Crippen LogP contribution in [-0.2, 0) is 4.74 Å².